The number of benzene rings is 1. The number of hydrogen-bond donors (Lipinski definition) is 1. The minimum Gasteiger partial charge on any atom is -0.378 e. The summed E-state index contributed by atoms with van der Waals surface area (Å²) < 4.78 is 0. The Balaban J connectivity index is 2.79. The topological polar surface area (TPSA) is 12.0 Å². The van der Waals surface area contributed by atoms with Gasteiger partial charge in [-0.15, -0.1) is 6.58 Å². The van der Waals surface area contributed by atoms with Gasteiger partial charge in [0.2, 0.25) is 0 Å². The van der Waals surface area contributed by atoms with Gasteiger partial charge in [-0.3, -0.25) is 0 Å². The van der Waals surface area contributed by atoms with Crippen molar-refractivity contribution >= 4 is 5.69 Å². The van der Waals surface area contributed by atoms with Gasteiger partial charge in [-0.25, -0.2) is 0 Å². The van der Waals surface area contributed by atoms with E-state index in [0.717, 1.165) is 17.7 Å². The van der Waals surface area contributed by atoms with Crippen LogP contribution < -0.4 is 5.32 Å². The predicted octanol–water partition coefficient (Wildman–Crippen LogP) is 4.92. The molecule has 0 fully saturated rings. The maximum atomic E-state index is 4.02. The summed E-state index contributed by atoms with van der Waals surface area (Å²) in [5.41, 5.74) is 3.82. The third-order valence-corrected chi connectivity index (χ3v) is 3.09. The quantitative estimate of drug-likeness (QED) is 0.724. The number of anilines is 1. The average molecular weight is 243 g/mol. The first kappa shape index (κ1) is 14.6. The zero-order valence-corrected chi connectivity index (χ0v) is 12.1. The van der Waals surface area contributed by atoms with Gasteiger partial charge in [0.1, 0.15) is 0 Å². The van der Waals surface area contributed by atoms with E-state index in [2.05, 4.69) is 63.5 Å². The lowest BCUT2D eigenvalue weighted by molar-refractivity contribution is 0.590. The Hall–Kier alpha value is -1.50. The molecule has 0 aromatic heterocycles. The Morgan fingerprint density at radius 3 is 2.22 bits per heavy atom. The molecule has 1 unspecified atom stereocenters. The summed E-state index contributed by atoms with van der Waals surface area (Å²) in [7, 11) is 0. The van der Waals surface area contributed by atoms with E-state index in [0.29, 0.717) is 0 Å². The van der Waals surface area contributed by atoms with Crippen molar-refractivity contribution < 1.29 is 0 Å². The van der Waals surface area contributed by atoms with Crippen molar-refractivity contribution in [1.82, 2.24) is 0 Å². The molecule has 1 aromatic carbocycles. The van der Waals surface area contributed by atoms with Crippen LogP contribution in [0.3, 0.4) is 0 Å². The Labute approximate surface area is 112 Å². The molecule has 0 saturated heterocycles. The summed E-state index contributed by atoms with van der Waals surface area (Å²) in [5.74, 6) is 0. The highest BCUT2D eigenvalue weighted by Gasteiger charge is 2.13. The Bertz CT molecular complexity index is 406. The van der Waals surface area contributed by atoms with E-state index in [1.807, 2.05) is 13.0 Å². The van der Waals surface area contributed by atoms with Crippen LogP contribution in [0.1, 0.15) is 39.7 Å². The van der Waals surface area contributed by atoms with Gasteiger partial charge in [-0.05, 0) is 36.5 Å². The molecule has 0 amide bonds. The molecule has 1 rings (SSSR count). The summed E-state index contributed by atoms with van der Waals surface area (Å²) in [5, 5.41) is 3.49. The lowest BCUT2D eigenvalue weighted by Gasteiger charge is -2.21. The second-order valence-corrected chi connectivity index (χ2v) is 5.90. The van der Waals surface area contributed by atoms with Crippen LogP contribution >= 0.6 is 0 Å². The molecule has 1 atom stereocenters. The second-order valence-electron chi connectivity index (χ2n) is 5.90. The van der Waals surface area contributed by atoms with Gasteiger partial charge in [0.05, 0.1) is 6.04 Å². The van der Waals surface area contributed by atoms with Crippen molar-refractivity contribution in [3.63, 3.8) is 0 Å². The van der Waals surface area contributed by atoms with Gasteiger partial charge < -0.3 is 5.32 Å². The molecule has 0 aliphatic carbocycles. The van der Waals surface area contributed by atoms with Crippen LogP contribution in [-0.2, 0) is 5.41 Å². The number of rotatable bonds is 5. The van der Waals surface area contributed by atoms with Gasteiger partial charge in [-0.2, -0.15) is 0 Å². The van der Waals surface area contributed by atoms with Crippen LogP contribution in [0, 0.1) is 0 Å². The van der Waals surface area contributed by atoms with Crippen molar-refractivity contribution in [3.05, 3.63) is 54.6 Å². The van der Waals surface area contributed by atoms with Crippen molar-refractivity contribution in [2.75, 3.05) is 5.32 Å². The third-order valence-electron chi connectivity index (χ3n) is 3.09. The molecule has 98 valence electrons. The van der Waals surface area contributed by atoms with Crippen molar-refractivity contribution in [3.8, 4) is 0 Å². The number of nitrogens with one attached hydrogen (secondary N) is 1. The summed E-state index contributed by atoms with van der Waals surface area (Å²) in [6.45, 7) is 16.5. The number of hydrogen-bond acceptors (Lipinski definition) is 1. The summed E-state index contributed by atoms with van der Waals surface area (Å²) >= 11 is 0. The smallest absolute Gasteiger partial charge is 0.0502 e. The highest BCUT2D eigenvalue weighted by molar-refractivity contribution is 5.48. The molecule has 0 radical (unpaired) electrons. The molecule has 0 saturated carbocycles. The van der Waals surface area contributed by atoms with Crippen molar-refractivity contribution in [2.24, 2.45) is 0 Å². The van der Waals surface area contributed by atoms with Crippen LogP contribution in [0.4, 0.5) is 5.69 Å². The first-order valence-electron chi connectivity index (χ1n) is 6.48. The summed E-state index contributed by atoms with van der Waals surface area (Å²) in [6, 6.07) is 8.92. The minimum absolute atomic E-state index is 0.202. The Morgan fingerprint density at radius 1 is 1.28 bits per heavy atom. The molecule has 0 spiro atoms. The maximum Gasteiger partial charge on any atom is 0.0502 e. The van der Waals surface area contributed by atoms with Crippen molar-refractivity contribution in [2.45, 2.75) is 45.6 Å². The lowest BCUT2D eigenvalue weighted by Crippen LogP contribution is -2.19. The molecule has 1 heteroatoms. The molecule has 0 aliphatic heterocycles. The molecule has 0 heterocycles. The summed E-state index contributed by atoms with van der Waals surface area (Å²) in [6.07, 6.45) is 2.83. The SMILES string of the molecule is C=CCC(Nc1ccc(C(C)(C)C)cc1)C(=C)C. The van der Waals surface area contributed by atoms with Crippen LogP contribution in [0.25, 0.3) is 0 Å². The van der Waals surface area contributed by atoms with Crippen LogP contribution in [-0.4, -0.2) is 6.04 Å². The second kappa shape index (κ2) is 5.90. The van der Waals surface area contributed by atoms with E-state index < -0.39 is 0 Å². The lowest BCUT2D eigenvalue weighted by atomic mass is 9.87. The Kier molecular flexibility index (Phi) is 4.77. The highest BCUT2D eigenvalue weighted by Crippen LogP contribution is 2.24. The molecule has 1 N–H and O–H groups in total. The molecular formula is C17H25N. The zero-order valence-electron chi connectivity index (χ0n) is 12.1. The first-order chi connectivity index (χ1) is 8.34. The standard InChI is InChI=1S/C17H25N/c1-7-8-16(13(2)3)18-15-11-9-14(10-12-15)17(4,5)6/h7,9-12,16,18H,1-2,8H2,3-6H3. The van der Waals surface area contributed by atoms with E-state index >= 15 is 0 Å². The first-order valence-corrected chi connectivity index (χ1v) is 6.48. The van der Waals surface area contributed by atoms with E-state index in [1.54, 1.807) is 0 Å². The monoisotopic (exact) mass is 243 g/mol. The third kappa shape index (κ3) is 4.06. The molecular weight excluding hydrogens is 218 g/mol. The van der Waals surface area contributed by atoms with Gasteiger partial charge >= 0.3 is 0 Å². The van der Waals surface area contributed by atoms with Gasteiger partial charge in [-0.1, -0.05) is 51.1 Å². The van der Waals surface area contributed by atoms with E-state index in [4.69, 9.17) is 0 Å². The van der Waals surface area contributed by atoms with Crippen LogP contribution in [0.2, 0.25) is 0 Å². The molecule has 1 aromatic rings. The Morgan fingerprint density at radius 2 is 1.83 bits per heavy atom. The van der Waals surface area contributed by atoms with Gasteiger partial charge in [0.15, 0.2) is 0 Å². The minimum atomic E-state index is 0.202. The normalized spacial score (nSPS) is 12.9. The van der Waals surface area contributed by atoms with Gasteiger partial charge in [0, 0.05) is 5.69 Å². The average Bonchev–Trinajstić information content (AvgIpc) is 2.28. The fraction of sp³-hybridized carbons (Fsp3) is 0.412. The fourth-order valence-electron chi connectivity index (χ4n) is 1.82. The zero-order chi connectivity index (χ0) is 13.8. The van der Waals surface area contributed by atoms with Crippen LogP contribution in [0.15, 0.2) is 49.1 Å². The maximum absolute atomic E-state index is 4.02. The highest BCUT2D eigenvalue weighted by atomic mass is 14.9. The predicted molar refractivity (Wildman–Crippen MR) is 82.2 cm³/mol. The molecule has 0 aliphatic rings. The molecule has 0 bridgehead atoms. The van der Waals surface area contributed by atoms with Crippen LogP contribution in [0.5, 0.6) is 0 Å². The largest absolute Gasteiger partial charge is 0.378 e. The van der Waals surface area contributed by atoms with E-state index in [1.165, 1.54) is 5.56 Å². The van der Waals surface area contributed by atoms with E-state index in [9.17, 15) is 0 Å². The molecule has 18 heavy (non-hydrogen) atoms. The van der Waals surface area contributed by atoms with Gasteiger partial charge in [0.25, 0.3) is 0 Å². The molecule has 1 nitrogen and oxygen atoms in total. The van der Waals surface area contributed by atoms with Crippen molar-refractivity contribution in [1.29, 1.82) is 0 Å². The fourth-order valence-corrected chi connectivity index (χ4v) is 1.82. The summed E-state index contributed by atoms with van der Waals surface area (Å²) in [4.78, 5) is 0. The van der Waals surface area contributed by atoms with E-state index in [-0.39, 0.29) is 11.5 Å².